The average Bonchev–Trinajstić information content (AvgIpc) is 3.36. The Morgan fingerprint density at radius 1 is 1.13 bits per heavy atom. The third-order valence-corrected chi connectivity index (χ3v) is 6.23. The van der Waals surface area contributed by atoms with Gasteiger partial charge >= 0.3 is 0 Å². The lowest BCUT2D eigenvalue weighted by Crippen LogP contribution is -2.62. The first-order chi connectivity index (χ1) is 15.0. The number of anilines is 1. The summed E-state index contributed by atoms with van der Waals surface area (Å²) in [5, 5.41) is 2.89. The molecule has 8 heteroatoms. The number of carbonyl (C=O) groups excluding carboxylic acids is 3. The molecule has 0 bridgehead atoms. The number of hydrogen-bond acceptors (Lipinski definition) is 5. The van der Waals surface area contributed by atoms with Crippen LogP contribution in [0.2, 0.25) is 0 Å². The number of para-hydroxylation sites is 1. The molecule has 31 heavy (non-hydrogen) atoms. The van der Waals surface area contributed by atoms with Crippen molar-refractivity contribution in [3.63, 3.8) is 0 Å². The van der Waals surface area contributed by atoms with Crippen LogP contribution in [0.5, 0.6) is 11.5 Å². The van der Waals surface area contributed by atoms with Gasteiger partial charge in [0, 0.05) is 25.9 Å². The molecule has 1 N–H and O–H groups in total. The molecule has 160 valence electrons. The lowest BCUT2D eigenvalue weighted by molar-refractivity contribution is -0.121. The number of rotatable bonds is 5. The topological polar surface area (TPSA) is 88.2 Å². The third-order valence-electron chi connectivity index (χ3n) is 6.23. The summed E-state index contributed by atoms with van der Waals surface area (Å²) in [6.45, 7) is 2.70. The fourth-order valence-corrected chi connectivity index (χ4v) is 4.59. The highest BCUT2D eigenvalue weighted by Crippen LogP contribution is 2.44. The Kier molecular flexibility index (Phi) is 4.57. The Balaban J connectivity index is 1.27. The molecule has 2 aromatic carbocycles. The van der Waals surface area contributed by atoms with Crippen LogP contribution in [-0.4, -0.2) is 41.6 Å². The van der Waals surface area contributed by atoms with Gasteiger partial charge in [-0.05, 0) is 43.2 Å². The molecule has 5 rings (SSSR count). The SMILES string of the molecule is CC12CCC(=O)N1c1ccccc1C(=O)N2CCC(=O)NCc1ccc2c(c1)OCO2. The monoisotopic (exact) mass is 421 g/mol. The summed E-state index contributed by atoms with van der Waals surface area (Å²) in [6.07, 6.45) is 1.08. The summed E-state index contributed by atoms with van der Waals surface area (Å²) < 4.78 is 10.7. The summed E-state index contributed by atoms with van der Waals surface area (Å²) in [5.41, 5.74) is 1.30. The molecular formula is C23H23N3O5. The van der Waals surface area contributed by atoms with Crippen LogP contribution in [-0.2, 0) is 16.1 Å². The van der Waals surface area contributed by atoms with E-state index in [1.165, 1.54) is 0 Å². The van der Waals surface area contributed by atoms with Crippen molar-refractivity contribution in [1.82, 2.24) is 10.2 Å². The van der Waals surface area contributed by atoms with Gasteiger partial charge in [-0.15, -0.1) is 0 Å². The fourth-order valence-electron chi connectivity index (χ4n) is 4.59. The molecular weight excluding hydrogens is 398 g/mol. The molecule has 1 saturated heterocycles. The van der Waals surface area contributed by atoms with E-state index in [2.05, 4.69) is 5.32 Å². The second-order valence-electron chi connectivity index (χ2n) is 8.13. The van der Waals surface area contributed by atoms with E-state index in [0.717, 1.165) is 5.56 Å². The van der Waals surface area contributed by atoms with Crippen LogP contribution in [0.1, 0.15) is 42.1 Å². The number of carbonyl (C=O) groups is 3. The summed E-state index contributed by atoms with van der Waals surface area (Å²) in [5.74, 6) is 1.06. The Morgan fingerprint density at radius 3 is 2.81 bits per heavy atom. The number of fused-ring (bicyclic) bond motifs is 4. The standard InChI is InChI=1S/C23H23N3O5/c1-23-10-8-21(28)26(23)17-5-3-2-4-16(17)22(29)25(23)11-9-20(27)24-13-15-6-7-18-19(12-15)31-14-30-18/h2-7,12H,8-11,13-14H2,1H3,(H,24,27). The molecule has 1 fully saturated rings. The maximum absolute atomic E-state index is 13.2. The summed E-state index contributed by atoms with van der Waals surface area (Å²) in [7, 11) is 0. The number of nitrogens with one attached hydrogen (secondary N) is 1. The van der Waals surface area contributed by atoms with E-state index in [4.69, 9.17) is 9.47 Å². The normalized spacial score (nSPS) is 21.2. The summed E-state index contributed by atoms with van der Waals surface area (Å²) in [4.78, 5) is 41.7. The molecule has 0 aromatic heterocycles. The van der Waals surface area contributed by atoms with Gasteiger partial charge in [-0.25, -0.2) is 0 Å². The minimum atomic E-state index is -0.750. The van der Waals surface area contributed by atoms with E-state index in [1.54, 1.807) is 21.9 Å². The Morgan fingerprint density at radius 2 is 1.94 bits per heavy atom. The van der Waals surface area contributed by atoms with Gasteiger partial charge in [0.2, 0.25) is 18.6 Å². The van der Waals surface area contributed by atoms with E-state index in [1.807, 2.05) is 37.3 Å². The number of benzene rings is 2. The second-order valence-corrected chi connectivity index (χ2v) is 8.13. The molecule has 1 unspecified atom stereocenters. The van der Waals surface area contributed by atoms with Crippen molar-refractivity contribution in [3.8, 4) is 11.5 Å². The van der Waals surface area contributed by atoms with Crippen LogP contribution in [0.4, 0.5) is 5.69 Å². The zero-order valence-corrected chi connectivity index (χ0v) is 17.2. The van der Waals surface area contributed by atoms with Gasteiger partial charge in [-0.2, -0.15) is 0 Å². The number of hydrogen-bond donors (Lipinski definition) is 1. The minimum Gasteiger partial charge on any atom is -0.454 e. The van der Waals surface area contributed by atoms with E-state index >= 15 is 0 Å². The molecule has 0 radical (unpaired) electrons. The zero-order valence-electron chi connectivity index (χ0n) is 17.2. The highest BCUT2D eigenvalue weighted by molar-refractivity contribution is 6.10. The van der Waals surface area contributed by atoms with Crippen molar-refractivity contribution in [2.75, 3.05) is 18.2 Å². The molecule has 3 amide bonds. The molecule has 0 saturated carbocycles. The van der Waals surface area contributed by atoms with Crippen molar-refractivity contribution >= 4 is 23.4 Å². The van der Waals surface area contributed by atoms with Crippen LogP contribution >= 0.6 is 0 Å². The number of amides is 3. The Labute approximate surface area is 179 Å². The molecule has 3 aliphatic rings. The molecule has 3 aliphatic heterocycles. The van der Waals surface area contributed by atoms with Crippen molar-refractivity contribution < 1.29 is 23.9 Å². The maximum Gasteiger partial charge on any atom is 0.257 e. The first kappa shape index (κ1) is 19.4. The Bertz CT molecular complexity index is 1080. The molecule has 1 atom stereocenters. The molecule has 0 aliphatic carbocycles. The van der Waals surface area contributed by atoms with E-state index < -0.39 is 5.66 Å². The summed E-state index contributed by atoms with van der Waals surface area (Å²) >= 11 is 0. The van der Waals surface area contributed by atoms with Crippen molar-refractivity contribution in [3.05, 3.63) is 53.6 Å². The van der Waals surface area contributed by atoms with E-state index in [-0.39, 0.29) is 37.5 Å². The maximum atomic E-state index is 13.2. The lowest BCUT2D eigenvalue weighted by atomic mass is 9.98. The second kappa shape index (κ2) is 7.30. The van der Waals surface area contributed by atoms with Gasteiger partial charge in [0.25, 0.3) is 5.91 Å². The fraction of sp³-hybridized carbons (Fsp3) is 0.348. The lowest BCUT2D eigenvalue weighted by Gasteiger charge is -2.48. The molecule has 8 nitrogen and oxygen atoms in total. The van der Waals surface area contributed by atoms with Crippen molar-refractivity contribution in [1.29, 1.82) is 0 Å². The van der Waals surface area contributed by atoms with Crippen molar-refractivity contribution in [2.45, 2.75) is 38.4 Å². The third kappa shape index (κ3) is 3.19. The highest BCUT2D eigenvalue weighted by Gasteiger charge is 2.52. The average molecular weight is 421 g/mol. The van der Waals surface area contributed by atoms with Gasteiger partial charge in [0.1, 0.15) is 5.66 Å². The largest absolute Gasteiger partial charge is 0.454 e. The quantitative estimate of drug-likeness (QED) is 0.801. The van der Waals surface area contributed by atoms with Crippen molar-refractivity contribution in [2.24, 2.45) is 0 Å². The smallest absolute Gasteiger partial charge is 0.257 e. The predicted molar refractivity (Wildman–Crippen MR) is 112 cm³/mol. The van der Waals surface area contributed by atoms with Gasteiger partial charge in [0.05, 0.1) is 11.3 Å². The Hall–Kier alpha value is -3.55. The van der Waals surface area contributed by atoms with Gasteiger partial charge in [-0.1, -0.05) is 18.2 Å². The van der Waals surface area contributed by atoms with Crippen LogP contribution in [0.15, 0.2) is 42.5 Å². The van der Waals surface area contributed by atoms with Crippen LogP contribution in [0.3, 0.4) is 0 Å². The van der Waals surface area contributed by atoms with E-state index in [0.29, 0.717) is 42.1 Å². The first-order valence-corrected chi connectivity index (χ1v) is 10.4. The first-order valence-electron chi connectivity index (χ1n) is 10.4. The molecule has 2 aromatic rings. The van der Waals surface area contributed by atoms with Crippen LogP contribution in [0, 0.1) is 0 Å². The van der Waals surface area contributed by atoms with Crippen LogP contribution in [0.25, 0.3) is 0 Å². The molecule has 3 heterocycles. The zero-order chi connectivity index (χ0) is 21.6. The number of ether oxygens (including phenoxy) is 2. The van der Waals surface area contributed by atoms with Gasteiger partial charge in [-0.3, -0.25) is 19.3 Å². The van der Waals surface area contributed by atoms with E-state index in [9.17, 15) is 14.4 Å². The van der Waals surface area contributed by atoms with Gasteiger partial charge in [0.15, 0.2) is 11.5 Å². The molecule has 0 spiro atoms. The van der Waals surface area contributed by atoms with Crippen LogP contribution < -0.4 is 19.7 Å². The van der Waals surface area contributed by atoms with Gasteiger partial charge < -0.3 is 19.7 Å². The highest BCUT2D eigenvalue weighted by atomic mass is 16.7. The summed E-state index contributed by atoms with van der Waals surface area (Å²) in [6, 6.07) is 12.7. The predicted octanol–water partition coefficient (Wildman–Crippen LogP) is 2.42. The minimum absolute atomic E-state index is 0.000269. The number of nitrogens with zero attached hydrogens (tertiary/aromatic N) is 2.